The molecule has 1 heterocycles. The number of nitrogens with zero attached hydrogens (tertiary/aromatic N) is 1. The molecule has 1 saturated heterocycles. The van der Waals surface area contributed by atoms with Crippen molar-refractivity contribution < 1.29 is 19.1 Å². The minimum Gasteiger partial charge on any atom is -0.457 e. The van der Waals surface area contributed by atoms with Crippen LogP contribution in [-0.4, -0.2) is 17.8 Å². The number of rotatable bonds is 4. The molecule has 9 heteroatoms. The molecular weight excluding hydrogens is 604 g/mol. The molecule has 1 fully saturated rings. The zero-order chi connectivity index (χ0) is 28.7. The van der Waals surface area contributed by atoms with Gasteiger partial charge in [0.05, 0.1) is 23.1 Å². The second kappa shape index (κ2) is 9.33. The predicted octanol–water partition coefficient (Wildman–Crippen LogP) is 7.45. The highest BCUT2D eigenvalue weighted by molar-refractivity contribution is 6.38. The van der Waals surface area contributed by atoms with Crippen LogP contribution in [0.1, 0.15) is 38.2 Å². The smallest absolute Gasteiger partial charge is 0.338 e. The van der Waals surface area contributed by atoms with E-state index in [1.165, 1.54) is 12.1 Å². The summed E-state index contributed by atoms with van der Waals surface area (Å²) < 4.78 is 5.41. The monoisotopic (exact) mass is 621 g/mol. The van der Waals surface area contributed by atoms with Crippen LogP contribution in [-0.2, 0) is 30.7 Å². The van der Waals surface area contributed by atoms with E-state index in [0.29, 0.717) is 21.3 Å². The number of alkyl halides is 2. The summed E-state index contributed by atoms with van der Waals surface area (Å²) in [7, 11) is 0. The first kappa shape index (κ1) is 26.5. The number of carbonyl (C=O) groups excluding carboxylic acids is 3. The van der Waals surface area contributed by atoms with Gasteiger partial charge >= 0.3 is 5.97 Å². The first-order chi connectivity index (χ1) is 19.7. The molecule has 0 spiro atoms. The average Bonchev–Trinajstić information content (AvgIpc) is 3.26. The Hall–Kier alpha value is -3.35. The highest BCUT2D eigenvalue weighted by Crippen LogP contribution is 2.69. The van der Waals surface area contributed by atoms with Crippen LogP contribution < -0.4 is 4.90 Å². The average molecular weight is 623 g/mol. The molecule has 8 rings (SSSR count). The van der Waals surface area contributed by atoms with Crippen LogP contribution in [0.5, 0.6) is 0 Å². The van der Waals surface area contributed by atoms with Gasteiger partial charge in [0.2, 0.25) is 11.8 Å². The highest BCUT2D eigenvalue weighted by atomic mass is 35.5. The molecule has 2 amide bonds. The lowest BCUT2D eigenvalue weighted by molar-refractivity contribution is -0.122. The number of carbonyl (C=O) groups is 3. The maximum Gasteiger partial charge on any atom is 0.338 e. The number of imide groups is 1. The van der Waals surface area contributed by atoms with Crippen molar-refractivity contribution in [1.29, 1.82) is 0 Å². The summed E-state index contributed by atoms with van der Waals surface area (Å²) in [6, 6.07) is 26.0. The Bertz CT molecular complexity index is 1670. The first-order valence-corrected chi connectivity index (χ1v) is 14.3. The van der Waals surface area contributed by atoms with Gasteiger partial charge in [-0.15, -0.1) is 23.2 Å². The van der Waals surface area contributed by atoms with Gasteiger partial charge in [-0.2, -0.15) is 0 Å². The van der Waals surface area contributed by atoms with Crippen molar-refractivity contribution in [1.82, 2.24) is 0 Å². The van der Waals surface area contributed by atoms with Crippen LogP contribution in [0.25, 0.3) is 0 Å². The number of amides is 2. The molecule has 3 aliphatic carbocycles. The molecule has 0 unspecified atom stereocenters. The van der Waals surface area contributed by atoms with Crippen molar-refractivity contribution in [3.8, 4) is 0 Å². The predicted molar refractivity (Wildman–Crippen MR) is 158 cm³/mol. The Kier molecular flexibility index (Phi) is 6.04. The van der Waals surface area contributed by atoms with Gasteiger partial charge in [-0.3, -0.25) is 9.59 Å². The maximum atomic E-state index is 14.1. The number of esters is 1. The van der Waals surface area contributed by atoms with E-state index in [2.05, 4.69) is 0 Å². The molecule has 4 aliphatic rings. The Morgan fingerprint density at radius 1 is 0.732 bits per heavy atom. The third-order valence-corrected chi connectivity index (χ3v) is 10.2. The number of benzene rings is 4. The quantitative estimate of drug-likeness (QED) is 0.135. The van der Waals surface area contributed by atoms with Crippen molar-refractivity contribution in [3.63, 3.8) is 0 Å². The van der Waals surface area contributed by atoms with Gasteiger partial charge in [-0.25, -0.2) is 9.69 Å². The zero-order valence-corrected chi connectivity index (χ0v) is 24.1. The number of halogens is 4. The Balaban J connectivity index is 1.21. The Morgan fingerprint density at radius 3 is 1.68 bits per heavy atom. The summed E-state index contributed by atoms with van der Waals surface area (Å²) in [5.74, 6) is -3.27. The molecule has 4 aromatic carbocycles. The first-order valence-electron chi connectivity index (χ1n) is 12.8. The number of hydrogen-bond acceptors (Lipinski definition) is 4. The SMILES string of the molecule is O=C(OCc1ccc(Cl)cc1Cl)c1ccc(N2C(=O)[C@@H]3[C@@H](C2=O)C2(Cl)c4ccccc4C3(Cl)c3ccccc32)cc1. The second-order valence-electron chi connectivity index (χ2n) is 10.3. The normalized spacial score (nSPS) is 25.5. The molecular formula is C32H19Cl4NO4. The van der Waals surface area contributed by atoms with Crippen LogP contribution >= 0.6 is 46.4 Å². The van der Waals surface area contributed by atoms with E-state index in [-0.39, 0.29) is 12.2 Å². The van der Waals surface area contributed by atoms with Crippen LogP contribution in [0.2, 0.25) is 10.0 Å². The minimum atomic E-state index is -1.26. The van der Waals surface area contributed by atoms with Crippen LogP contribution in [0, 0.1) is 11.8 Å². The summed E-state index contributed by atoms with van der Waals surface area (Å²) >= 11 is 27.0. The van der Waals surface area contributed by atoms with E-state index in [1.54, 1.807) is 30.3 Å². The standard InChI is InChI=1S/C32H19Cl4NO4/c33-19-12-9-18(25(34)15-19)16-41-30(40)17-10-13-20(14-11-17)37-28(38)26-27(29(37)39)32(36)22-6-2-1-5-21(22)31(26,35)23-7-3-4-8-24(23)32/h1-15,26-27H,16H2/t26-,27-,31?,32?/m0/s1. The van der Waals surface area contributed by atoms with E-state index >= 15 is 0 Å². The van der Waals surface area contributed by atoms with E-state index in [1.807, 2.05) is 48.5 Å². The van der Waals surface area contributed by atoms with Gasteiger partial charge in [0.15, 0.2) is 0 Å². The molecule has 1 aliphatic heterocycles. The van der Waals surface area contributed by atoms with Gasteiger partial charge in [0.1, 0.15) is 16.4 Å². The van der Waals surface area contributed by atoms with E-state index in [4.69, 9.17) is 51.1 Å². The van der Waals surface area contributed by atoms with Crippen molar-refractivity contribution in [2.45, 2.75) is 16.4 Å². The van der Waals surface area contributed by atoms with E-state index in [9.17, 15) is 14.4 Å². The number of anilines is 1. The summed E-state index contributed by atoms with van der Waals surface area (Å²) in [4.78, 5) is 39.5. The zero-order valence-electron chi connectivity index (χ0n) is 21.1. The maximum absolute atomic E-state index is 14.1. The molecule has 0 saturated carbocycles. The summed E-state index contributed by atoms with van der Waals surface area (Å²) in [6.07, 6.45) is 0. The third kappa shape index (κ3) is 3.59. The summed E-state index contributed by atoms with van der Waals surface area (Å²) in [6.45, 7) is -0.0419. The highest BCUT2D eigenvalue weighted by Gasteiger charge is 2.73. The lowest BCUT2D eigenvalue weighted by Gasteiger charge is -2.54. The van der Waals surface area contributed by atoms with Crippen molar-refractivity contribution in [2.75, 3.05) is 4.90 Å². The third-order valence-electron chi connectivity index (χ3n) is 8.32. The van der Waals surface area contributed by atoms with E-state index in [0.717, 1.165) is 27.2 Å². The molecule has 2 atom stereocenters. The van der Waals surface area contributed by atoms with E-state index < -0.39 is 39.4 Å². The van der Waals surface area contributed by atoms with Gasteiger partial charge in [0, 0.05) is 15.6 Å². The lowest BCUT2D eigenvalue weighted by Crippen LogP contribution is -2.57. The number of ether oxygens (including phenoxy) is 1. The van der Waals surface area contributed by atoms with Gasteiger partial charge in [-0.1, -0.05) is 77.8 Å². The fourth-order valence-electron chi connectivity index (χ4n) is 6.53. The van der Waals surface area contributed by atoms with Gasteiger partial charge in [0.25, 0.3) is 0 Å². The molecule has 204 valence electrons. The van der Waals surface area contributed by atoms with Crippen molar-refractivity contribution in [3.05, 3.63) is 134 Å². The van der Waals surface area contributed by atoms with Crippen LogP contribution in [0.4, 0.5) is 5.69 Å². The number of hydrogen-bond donors (Lipinski definition) is 0. The molecule has 0 aromatic heterocycles. The molecule has 5 nitrogen and oxygen atoms in total. The van der Waals surface area contributed by atoms with Gasteiger partial charge in [-0.05, 0) is 58.7 Å². The summed E-state index contributed by atoms with van der Waals surface area (Å²) in [5, 5.41) is 0.869. The van der Waals surface area contributed by atoms with Crippen LogP contribution in [0.15, 0.2) is 91.0 Å². The molecule has 2 bridgehead atoms. The summed E-state index contributed by atoms with van der Waals surface area (Å²) in [5.41, 5.74) is 4.12. The van der Waals surface area contributed by atoms with Gasteiger partial charge < -0.3 is 4.74 Å². The Morgan fingerprint density at radius 2 is 1.22 bits per heavy atom. The topological polar surface area (TPSA) is 63.7 Å². The molecule has 0 radical (unpaired) electrons. The lowest BCUT2D eigenvalue weighted by atomic mass is 9.54. The second-order valence-corrected chi connectivity index (χ2v) is 12.4. The molecule has 41 heavy (non-hydrogen) atoms. The fourth-order valence-corrected chi connectivity index (χ4v) is 8.09. The van der Waals surface area contributed by atoms with Crippen molar-refractivity contribution >= 4 is 69.9 Å². The largest absolute Gasteiger partial charge is 0.457 e. The molecule has 4 aromatic rings. The van der Waals surface area contributed by atoms with Crippen LogP contribution in [0.3, 0.4) is 0 Å². The van der Waals surface area contributed by atoms with Crippen molar-refractivity contribution in [2.24, 2.45) is 11.8 Å². The Labute approximate surface area is 255 Å². The molecule has 0 N–H and O–H groups in total. The minimum absolute atomic E-state index is 0.0419. The fraction of sp³-hybridized carbons (Fsp3) is 0.156.